The molecule has 2 heterocycles. The van der Waals surface area contributed by atoms with E-state index in [2.05, 4.69) is 21.4 Å². The molecule has 0 atom stereocenters. The summed E-state index contributed by atoms with van der Waals surface area (Å²) < 4.78 is 7.46. The first kappa shape index (κ1) is 14.0. The lowest BCUT2D eigenvalue weighted by atomic mass is 10.2. The van der Waals surface area contributed by atoms with E-state index >= 15 is 0 Å². The molecule has 21 heavy (non-hydrogen) atoms. The number of ether oxygens (including phenoxy) is 1. The first-order valence-corrected chi connectivity index (χ1v) is 7.21. The molecule has 0 amide bonds. The molecule has 1 aliphatic heterocycles. The van der Waals surface area contributed by atoms with Crippen LogP contribution in [0.4, 0.5) is 0 Å². The fourth-order valence-corrected chi connectivity index (χ4v) is 2.74. The fourth-order valence-electron chi connectivity index (χ4n) is 2.74. The number of fused-ring (bicyclic) bond motifs is 1. The Kier molecular flexibility index (Phi) is 3.90. The van der Waals surface area contributed by atoms with Crippen LogP contribution in [0.1, 0.15) is 23.1 Å². The summed E-state index contributed by atoms with van der Waals surface area (Å²) >= 11 is 0. The molecule has 1 aliphatic rings. The molecule has 1 aromatic carbocycles. The summed E-state index contributed by atoms with van der Waals surface area (Å²) in [7, 11) is 0. The minimum Gasteiger partial charge on any atom is -0.478 e. The van der Waals surface area contributed by atoms with Crippen molar-refractivity contribution in [3.63, 3.8) is 0 Å². The number of aromatic nitrogens is 2. The third kappa shape index (κ3) is 2.77. The quantitative estimate of drug-likeness (QED) is 0.925. The van der Waals surface area contributed by atoms with Crippen LogP contribution in [0.2, 0.25) is 0 Å². The van der Waals surface area contributed by atoms with Crippen molar-refractivity contribution >= 4 is 17.0 Å². The van der Waals surface area contributed by atoms with Crippen LogP contribution in [0.25, 0.3) is 11.0 Å². The minimum absolute atomic E-state index is 0.301. The maximum atomic E-state index is 11.1. The lowest BCUT2D eigenvalue weighted by molar-refractivity contribution is 0.0327. The highest BCUT2D eigenvalue weighted by molar-refractivity contribution is 5.92. The van der Waals surface area contributed by atoms with Crippen molar-refractivity contribution in [2.75, 3.05) is 26.3 Å². The van der Waals surface area contributed by atoms with Gasteiger partial charge in [0.2, 0.25) is 0 Å². The second kappa shape index (κ2) is 5.83. The maximum absolute atomic E-state index is 11.1. The van der Waals surface area contributed by atoms with Crippen LogP contribution in [0.15, 0.2) is 18.2 Å². The van der Waals surface area contributed by atoms with Crippen molar-refractivity contribution in [2.24, 2.45) is 0 Å². The molecule has 2 aromatic rings. The highest BCUT2D eigenvalue weighted by Gasteiger charge is 2.17. The van der Waals surface area contributed by atoms with Crippen molar-refractivity contribution in [2.45, 2.75) is 20.0 Å². The zero-order valence-electron chi connectivity index (χ0n) is 12.1. The second-order valence-corrected chi connectivity index (χ2v) is 5.17. The van der Waals surface area contributed by atoms with E-state index in [1.807, 2.05) is 0 Å². The molecule has 6 nitrogen and oxygen atoms in total. The Hall–Kier alpha value is -1.92. The molecule has 3 rings (SSSR count). The number of carboxylic acid groups (broad SMARTS) is 1. The van der Waals surface area contributed by atoms with Crippen LogP contribution < -0.4 is 0 Å². The molecular formula is C15H19N3O3. The second-order valence-electron chi connectivity index (χ2n) is 5.17. The van der Waals surface area contributed by atoms with Gasteiger partial charge in [0, 0.05) is 19.6 Å². The van der Waals surface area contributed by atoms with E-state index in [4.69, 9.17) is 9.84 Å². The van der Waals surface area contributed by atoms with Crippen molar-refractivity contribution < 1.29 is 14.6 Å². The molecule has 0 aliphatic carbocycles. The molecule has 112 valence electrons. The molecule has 0 bridgehead atoms. The van der Waals surface area contributed by atoms with Gasteiger partial charge >= 0.3 is 5.97 Å². The van der Waals surface area contributed by atoms with Gasteiger partial charge in [0.15, 0.2) is 0 Å². The van der Waals surface area contributed by atoms with Crippen molar-refractivity contribution in [1.29, 1.82) is 0 Å². The third-order valence-electron chi connectivity index (χ3n) is 3.86. The number of nitrogens with zero attached hydrogens (tertiary/aromatic N) is 3. The summed E-state index contributed by atoms with van der Waals surface area (Å²) in [6, 6.07) is 5.10. The Morgan fingerprint density at radius 1 is 1.38 bits per heavy atom. The Labute approximate surface area is 122 Å². The molecule has 0 saturated carbocycles. The van der Waals surface area contributed by atoms with Gasteiger partial charge in [-0.3, -0.25) is 4.90 Å². The average Bonchev–Trinajstić information content (AvgIpc) is 2.84. The predicted octanol–water partition coefficient (Wildman–Crippen LogP) is 1.59. The van der Waals surface area contributed by atoms with Gasteiger partial charge in [0.05, 0.1) is 36.4 Å². The number of rotatable bonds is 4. The molecule has 6 heteroatoms. The minimum atomic E-state index is -0.907. The van der Waals surface area contributed by atoms with Crippen LogP contribution in [0.5, 0.6) is 0 Å². The van der Waals surface area contributed by atoms with Gasteiger partial charge in [0.1, 0.15) is 5.82 Å². The lowest BCUT2D eigenvalue weighted by Gasteiger charge is -2.26. The highest BCUT2D eigenvalue weighted by Crippen LogP contribution is 2.19. The van der Waals surface area contributed by atoms with E-state index in [-0.39, 0.29) is 0 Å². The van der Waals surface area contributed by atoms with E-state index in [9.17, 15) is 4.79 Å². The third-order valence-corrected chi connectivity index (χ3v) is 3.86. The van der Waals surface area contributed by atoms with Crippen molar-refractivity contribution in [3.05, 3.63) is 29.6 Å². The summed E-state index contributed by atoms with van der Waals surface area (Å²) in [4.78, 5) is 18.1. The van der Waals surface area contributed by atoms with Gasteiger partial charge in [-0.05, 0) is 25.1 Å². The van der Waals surface area contributed by atoms with Gasteiger partial charge < -0.3 is 14.4 Å². The number of aryl methyl sites for hydroxylation is 1. The molecule has 0 unspecified atom stereocenters. The van der Waals surface area contributed by atoms with E-state index in [1.165, 1.54) is 0 Å². The number of hydrogen-bond donors (Lipinski definition) is 1. The molecule has 1 N–H and O–H groups in total. The van der Waals surface area contributed by atoms with Gasteiger partial charge in [-0.1, -0.05) is 0 Å². The van der Waals surface area contributed by atoms with Gasteiger partial charge in [-0.15, -0.1) is 0 Å². The number of carbonyl (C=O) groups is 1. The van der Waals surface area contributed by atoms with Crippen LogP contribution in [0, 0.1) is 0 Å². The molecule has 1 aromatic heterocycles. The molecule has 0 radical (unpaired) electrons. The largest absolute Gasteiger partial charge is 0.478 e. The van der Waals surface area contributed by atoms with Crippen LogP contribution in [-0.2, 0) is 17.8 Å². The smallest absolute Gasteiger partial charge is 0.335 e. The van der Waals surface area contributed by atoms with Crippen molar-refractivity contribution in [3.8, 4) is 0 Å². The first-order chi connectivity index (χ1) is 10.2. The van der Waals surface area contributed by atoms with Gasteiger partial charge in [-0.25, -0.2) is 9.78 Å². The number of imidazole rings is 1. The van der Waals surface area contributed by atoms with E-state index < -0.39 is 5.97 Å². The zero-order chi connectivity index (χ0) is 14.8. The number of aromatic carboxylic acids is 1. The van der Waals surface area contributed by atoms with E-state index in [0.717, 1.165) is 56.3 Å². The fraction of sp³-hybridized carbons (Fsp3) is 0.467. The molecule has 1 fully saturated rings. The predicted molar refractivity (Wildman–Crippen MR) is 78.5 cm³/mol. The topological polar surface area (TPSA) is 67.6 Å². The van der Waals surface area contributed by atoms with Gasteiger partial charge in [0.25, 0.3) is 0 Å². The summed E-state index contributed by atoms with van der Waals surface area (Å²) in [5, 5.41) is 9.12. The Bertz CT molecular complexity index is 659. The average molecular weight is 289 g/mol. The zero-order valence-corrected chi connectivity index (χ0v) is 12.1. The van der Waals surface area contributed by atoms with Crippen LogP contribution in [-0.4, -0.2) is 51.8 Å². The van der Waals surface area contributed by atoms with E-state index in [1.54, 1.807) is 18.2 Å². The maximum Gasteiger partial charge on any atom is 0.335 e. The monoisotopic (exact) mass is 289 g/mol. The molecule has 1 saturated heterocycles. The van der Waals surface area contributed by atoms with Crippen molar-refractivity contribution in [1.82, 2.24) is 14.5 Å². The summed E-state index contributed by atoms with van der Waals surface area (Å²) in [5.74, 6) is 0.0763. The molecule has 0 spiro atoms. The number of benzene rings is 1. The normalized spacial score (nSPS) is 16.4. The van der Waals surface area contributed by atoms with Gasteiger partial charge in [-0.2, -0.15) is 0 Å². The Balaban J connectivity index is 1.96. The first-order valence-electron chi connectivity index (χ1n) is 7.21. The van der Waals surface area contributed by atoms with Crippen LogP contribution >= 0.6 is 0 Å². The van der Waals surface area contributed by atoms with E-state index in [0.29, 0.717) is 5.56 Å². The summed E-state index contributed by atoms with van der Waals surface area (Å²) in [5.41, 5.74) is 2.04. The standard InChI is InChI=1S/C15H19N3O3/c1-2-18-13-9-11(15(19)20)3-4-12(13)16-14(18)10-17-5-7-21-8-6-17/h3-4,9H,2,5-8,10H2,1H3,(H,19,20). The number of morpholine rings is 1. The summed E-state index contributed by atoms with van der Waals surface area (Å²) in [6.07, 6.45) is 0. The van der Waals surface area contributed by atoms with Crippen LogP contribution in [0.3, 0.4) is 0 Å². The lowest BCUT2D eigenvalue weighted by Crippen LogP contribution is -2.36. The Morgan fingerprint density at radius 2 is 2.14 bits per heavy atom. The Morgan fingerprint density at radius 3 is 2.81 bits per heavy atom. The highest BCUT2D eigenvalue weighted by atomic mass is 16.5. The SMILES string of the molecule is CCn1c(CN2CCOCC2)nc2ccc(C(=O)O)cc21. The molecular weight excluding hydrogens is 270 g/mol. The summed E-state index contributed by atoms with van der Waals surface area (Å²) in [6.45, 7) is 6.94. The number of hydrogen-bond acceptors (Lipinski definition) is 4. The number of carboxylic acids is 1.